The van der Waals surface area contributed by atoms with Gasteiger partial charge in [0, 0.05) is 25.4 Å². The normalized spacial score (nSPS) is 14.2. The number of hydrogen-bond donors (Lipinski definition) is 3. The monoisotopic (exact) mass is 511 g/mol. The number of nitrogens with one attached hydrogen (secondary N) is 2. The first kappa shape index (κ1) is 24.2. The molecule has 3 N–H and O–H groups in total. The van der Waals surface area contributed by atoms with Crippen LogP contribution in [0.15, 0.2) is 41.7 Å². The summed E-state index contributed by atoms with van der Waals surface area (Å²) in [6.45, 7) is 4.33. The number of aliphatic hydroxyl groups is 1. The molecule has 156 valence electrons. The van der Waals surface area contributed by atoms with Crippen LogP contribution in [-0.2, 0) is 25.4 Å². The fourth-order valence-electron chi connectivity index (χ4n) is 2.42. The summed E-state index contributed by atoms with van der Waals surface area (Å²) in [5.74, 6) is 0.402. The lowest BCUT2D eigenvalue weighted by molar-refractivity contribution is -0.137. The minimum absolute atomic E-state index is 0. The van der Waals surface area contributed by atoms with Crippen molar-refractivity contribution in [2.75, 3.05) is 13.1 Å². The lowest BCUT2D eigenvalue weighted by Crippen LogP contribution is -2.44. The molecule has 1 aromatic heterocycles. The van der Waals surface area contributed by atoms with Gasteiger partial charge in [0.1, 0.15) is 5.60 Å². The first-order valence-corrected chi connectivity index (χ1v) is 8.51. The van der Waals surface area contributed by atoms with Crippen LogP contribution in [0.2, 0.25) is 0 Å². The molecule has 0 aliphatic rings. The molecule has 0 saturated heterocycles. The van der Waals surface area contributed by atoms with E-state index in [-0.39, 0.29) is 37.1 Å². The molecule has 1 heterocycles. The van der Waals surface area contributed by atoms with Crippen molar-refractivity contribution in [3.05, 3.63) is 53.3 Å². The molecule has 2 aromatic rings. The SMILES string of the molecule is CCNC(=NCc1cccc(C(F)(F)F)c1)NCC(C)(O)c1cnn(C)c1.I. The Bertz CT molecular complexity index is 790. The van der Waals surface area contributed by atoms with E-state index in [0.29, 0.717) is 23.6 Å². The standard InChI is InChI=1S/C18H24F3N5O.HI/c1-4-22-16(24-12-17(2,27)15-10-25-26(3)11-15)23-9-13-6-5-7-14(8-13)18(19,20)21;/h5-8,10-11,27H,4,9,12H2,1-3H3,(H2,22,23,24);1H. The molecule has 2 rings (SSSR count). The van der Waals surface area contributed by atoms with Crippen molar-refractivity contribution < 1.29 is 18.3 Å². The highest BCUT2D eigenvalue weighted by Crippen LogP contribution is 2.29. The second kappa shape index (κ2) is 10.1. The minimum Gasteiger partial charge on any atom is -0.383 e. The molecule has 0 fully saturated rings. The van der Waals surface area contributed by atoms with Gasteiger partial charge in [-0.2, -0.15) is 18.3 Å². The van der Waals surface area contributed by atoms with Crippen molar-refractivity contribution in [2.24, 2.45) is 12.0 Å². The maximum Gasteiger partial charge on any atom is 0.416 e. The zero-order valence-corrected chi connectivity index (χ0v) is 18.2. The van der Waals surface area contributed by atoms with E-state index in [1.165, 1.54) is 6.07 Å². The molecule has 10 heteroatoms. The number of alkyl halides is 3. The Hall–Kier alpha value is -1.82. The zero-order valence-electron chi connectivity index (χ0n) is 15.9. The molecule has 28 heavy (non-hydrogen) atoms. The number of guanidine groups is 1. The fourth-order valence-corrected chi connectivity index (χ4v) is 2.42. The van der Waals surface area contributed by atoms with E-state index in [4.69, 9.17) is 0 Å². The number of nitrogens with zero attached hydrogens (tertiary/aromatic N) is 3. The first-order valence-electron chi connectivity index (χ1n) is 8.51. The Morgan fingerprint density at radius 1 is 1.25 bits per heavy atom. The second-order valence-corrected chi connectivity index (χ2v) is 6.42. The Morgan fingerprint density at radius 3 is 2.54 bits per heavy atom. The molecule has 1 unspecified atom stereocenters. The van der Waals surface area contributed by atoms with Crippen LogP contribution in [-0.4, -0.2) is 33.9 Å². The van der Waals surface area contributed by atoms with E-state index in [9.17, 15) is 18.3 Å². The third-order valence-electron chi connectivity index (χ3n) is 3.95. The maximum absolute atomic E-state index is 12.8. The highest BCUT2D eigenvalue weighted by atomic mass is 127. The van der Waals surface area contributed by atoms with Crippen LogP contribution in [0, 0.1) is 0 Å². The van der Waals surface area contributed by atoms with Crippen LogP contribution in [0.4, 0.5) is 13.2 Å². The Labute approximate surface area is 179 Å². The number of halogens is 4. The number of hydrogen-bond acceptors (Lipinski definition) is 3. The Morgan fingerprint density at radius 2 is 1.96 bits per heavy atom. The van der Waals surface area contributed by atoms with Gasteiger partial charge in [0.25, 0.3) is 0 Å². The topological polar surface area (TPSA) is 74.5 Å². The van der Waals surface area contributed by atoms with E-state index in [1.807, 2.05) is 6.92 Å². The molecule has 0 bridgehead atoms. The van der Waals surface area contributed by atoms with Gasteiger partial charge in [-0.25, -0.2) is 4.99 Å². The van der Waals surface area contributed by atoms with E-state index < -0.39 is 17.3 Å². The summed E-state index contributed by atoms with van der Waals surface area (Å²) in [5.41, 5.74) is -0.791. The smallest absolute Gasteiger partial charge is 0.383 e. The zero-order chi connectivity index (χ0) is 20.1. The van der Waals surface area contributed by atoms with Crippen molar-refractivity contribution in [2.45, 2.75) is 32.2 Å². The molecule has 0 aliphatic heterocycles. The van der Waals surface area contributed by atoms with Gasteiger partial charge in [-0.15, -0.1) is 24.0 Å². The number of aromatic nitrogens is 2. The van der Waals surface area contributed by atoms with E-state index in [2.05, 4.69) is 20.7 Å². The summed E-state index contributed by atoms with van der Waals surface area (Å²) in [5, 5.41) is 20.7. The van der Waals surface area contributed by atoms with Crippen molar-refractivity contribution in [3.8, 4) is 0 Å². The van der Waals surface area contributed by atoms with Gasteiger partial charge in [0.2, 0.25) is 0 Å². The molecular formula is C18H25F3IN5O. The molecule has 0 spiro atoms. The van der Waals surface area contributed by atoms with Crippen molar-refractivity contribution in [1.29, 1.82) is 0 Å². The molecule has 1 atom stereocenters. The minimum atomic E-state index is -4.38. The van der Waals surface area contributed by atoms with Crippen LogP contribution in [0.1, 0.15) is 30.5 Å². The number of rotatable bonds is 6. The van der Waals surface area contributed by atoms with Crippen LogP contribution in [0.3, 0.4) is 0 Å². The molecular weight excluding hydrogens is 486 g/mol. The summed E-state index contributed by atoms with van der Waals surface area (Å²) < 4.78 is 40.0. The van der Waals surface area contributed by atoms with Gasteiger partial charge in [0.05, 0.1) is 24.8 Å². The van der Waals surface area contributed by atoms with Gasteiger partial charge in [-0.05, 0) is 31.5 Å². The summed E-state index contributed by atoms with van der Waals surface area (Å²) in [7, 11) is 1.76. The first-order chi connectivity index (χ1) is 12.6. The summed E-state index contributed by atoms with van der Waals surface area (Å²) in [6, 6.07) is 5.07. The average molecular weight is 511 g/mol. The van der Waals surface area contributed by atoms with Crippen LogP contribution >= 0.6 is 24.0 Å². The second-order valence-electron chi connectivity index (χ2n) is 6.42. The Kier molecular flexibility index (Phi) is 8.74. The number of aliphatic imine (C=N–C) groups is 1. The predicted molar refractivity (Wildman–Crippen MR) is 112 cm³/mol. The molecule has 0 aliphatic carbocycles. The van der Waals surface area contributed by atoms with Gasteiger partial charge >= 0.3 is 6.18 Å². The predicted octanol–water partition coefficient (Wildman–Crippen LogP) is 3.02. The highest BCUT2D eigenvalue weighted by Gasteiger charge is 2.30. The number of benzene rings is 1. The molecule has 0 saturated carbocycles. The lowest BCUT2D eigenvalue weighted by Gasteiger charge is -2.23. The fraction of sp³-hybridized carbons (Fsp3) is 0.444. The van der Waals surface area contributed by atoms with Gasteiger partial charge in [0.15, 0.2) is 5.96 Å². The van der Waals surface area contributed by atoms with Crippen LogP contribution < -0.4 is 10.6 Å². The van der Waals surface area contributed by atoms with Gasteiger partial charge < -0.3 is 15.7 Å². The quantitative estimate of drug-likeness (QED) is 0.317. The Balaban J connectivity index is 0.00000392. The van der Waals surface area contributed by atoms with Crippen molar-refractivity contribution in [3.63, 3.8) is 0 Å². The summed E-state index contributed by atoms with van der Waals surface area (Å²) in [4.78, 5) is 4.30. The molecule has 1 aromatic carbocycles. The lowest BCUT2D eigenvalue weighted by atomic mass is 10.00. The molecule has 0 amide bonds. The van der Waals surface area contributed by atoms with E-state index >= 15 is 0 Å². The van der Waals surface area contributed by atoms with Crippen LogP contribution in [0.25, 0.3) is 0 Å². The third-order valence-corrected chi connectivity index (χ3v) is 3.95. The van der Waals surface area contributed by atoms with Crippen molar-refractivity contribution >= 4 is 29.9 Å². The van der Waals surface area contributed by atoms with Crippen LogP contribution in [0.5, 0.6) is 0 Å². The van der Waals surface area contributed by atoms with Gasteiger partial charge in [-0.3, -0.25) is 4.68 Å². The van der Waals surface area contributed by atoms with Gasteiger partial charge in [-0.1, -0.05) is 12.1 Å². The number of aryl methyl sites for hydroxylation is 1. The maximum atomic E-state index is 12.8. The largest absolute Gasteiger partial charge is 0.416 e. The third kappa shape index (κ3) is 6.97. The summed E-state index contributed by atoms with van der Waals surface area (Å²) >= 11 is 0. The molecule has 6 nitrogen and oxygen atoms in total. The highest BCUT2D eigenvalue weighted by molar-refractivity contribution is 14.0. The summed E-state index contributed by atoms with van der Waals surface area (Å²) in [6.07, 6.45) is -1.09. The average Bonchev–Trinajstić information content (AvgIpc) is 3.04. The van der Waals surface area contributed by atoms with E-state index in [1.54, 1.807) is 37.1 Å². The van der Waals surface area contributed by atoms with Crippen molar-refractivity contribution in [1.82, 2.24) is 20.4 Å². The van der Waals surface area contributed by atoms with E-state index in [0.717, 1.165) is 12.1 Å². The molecule has 0 radical (unpaired) electrons.